The molecule has 3 rings (SSSR count). The van der Waals surface area contributed by atoms with Crippen LogP contribution in [0, 0.1) is 10.1 Å². The third-order valence-corrected chi connectivity index (χ3v) is 5.10. The van der Waals surface area contributed by atoms with E-state index in [0.29, 0.717) is 34.5 Å². The highest BCUT2D eigenvalue weighted by Gasteiger charge is 2.14. The summed E-state index contributed by atoms with van der Waals surface area (Å²) >= 11 is 3.37. The Morgan fingerprint density at radius 1 is 1.30 bits per heavy atom. The van der Waals surface area contributed by atoms with Crippen molar-refractivity contribution in [2.45, 2.75) is 39.7 Å². The largest absolute Gasteiger partial charge is 0.490 e. The predicted molar refractivity (Wildman–Crippen MR) is 120 cm³/mol. The van der Waals surface area contributed by atoms with Crippen molar-refractivity contribution in [1.29, 1.82) is 0 Å². The highest BCUT2D eigenvalue weighted by atomic mass is 79.9. The van der Waals surface area contributed by atoms with Crippen LogP contribution >= 0.6 is 15.9 Å². The summed E-state index contributed by atoms with van der Waals surface area (Å²) in [6.45, 7) is 5.77. The van der Waals surface area contributed by atoms with Gasteiger partial charge >= 0.3 is 0 Å². The number of ether oxygens (including phenoxy) is 1. The molecule has 0 saturated carbocycles. The van der Waals surface area contributed by atoms with E-state index in [4.69, 9.17) is 4.74 Å². The van der Waals surface area contributed by atoms with Gasteiger partial charge in [0.25, 0.3) is 11.2 Å². The third-order valence-electron chi connectivity index (χ3n) is 4.61. The van der Waals surface area contributed by atoms with Crippen LogP contribution in [0.15, 0.2) is 50.8 Å². The lowest BCUT2D eigenvalue weighted by Crippen LogP contribution is -2.22. The summed E-state index contributed by atoms with van der Waals surface area (Å²) in [7, 11) is 0. The number of nitro groups is 1. The minimum Gasteiger partial charge on any atom is -0.490 e. The Morgan fingerprint density at radius 2 is 2.07 bits per heavy atom. The van der Waals surface area contributed by atoms with E-state index in [1.165, 1.54) is 23.0 Å². The van der Waals surface area contributed by atoms with E-state index in [1.807, 2.05) is 26.8 Å². The first-order valence-electron chi connectivity index (χ1n) is 9.54. The Morgan fingerprint density at radius 3 is 2.73 bits per heavy atom. The maximum atomic E-state index is 13.0. The van der Waals surface area contributed by atoms with Gasteiger partial charge in [0.05, 0.1) is 28.1 Å². The van der Waals surface area contributed by atoms with Crippen LogP contribution < -0.4 is 10.3 Å². The lowest BCUT2D eigenvalue weighted by atomic mass is 10.2. The molecule has 2 aromatic carbocycles. The van der Waals surface area contributed by atoms with Gasteiger partial charge in [-0.1, -0.05) is 29.8 Å². The van der Waals surface area contributed by atoms with Gasteiger partial charge in [0.15, 0.2) is 0 Å². The van der Waals surface area contributed by atoms with Gasteiger partial charge in [-0.15, -0.1) is 0 Å². The van der Waals surface area contributed by atoms with Crippen LogP contribution in [0.2, 0.25) is 0 Å². The van der Waals surface area contributed by atoms with Gasteiger partial charge in [-0.25, -0.2) is 4.98 Å². The second kappa shape index (κ2) is 9.17. The van der Waals surface area contributed by atoms with Crippen molar-refractivity contribution in [1.82, 2.24) is 9.66 Å². The SMILES string of the molecule is CCc1nc2ccc(Br)cc2c(=O)n1N=Cc1cc([N+](=O)[O-])ccc1O[C@@H](C)CC. The second-order valence-corrected chi connectivity index (χ2v) is 7.64. The van der Waals surface area contributed by atoms with Crippen molar-refractivity contribution < 1.29 is 9.66 Å². The number of hydrogen-bond acceptors (Lipinski definition) is 6. The fraction of sp³-hybridized carbons (Fsp3) is 0.286. The van der Waals surface area contributed by atoms with E-state index >= 15 is 0 Å². The number of nitro benzene ring substituents is 1. The van der Waals surface area contributed by atoms with Gasteiger partial charge in [0.2, 0.25) is 0 Å². The number of benzene rings is 2. The van der Waals surface area contributed by atoms with Crippen molar-refractivity contribution in [3.8, 4) is 5.75 Å². The zero-order valence-electron chi connectivity index (χ0n) is 16.8. The normalized spacial score (nSPS) is 12.4. The molecule has 0 aliphatic rings. The van der Waals surface area contributed by atoms with Crippen LogP contribution in [-0.4, -0.2) is 26.9 Å². The van der Waals surface area contributed by atoms with E-state index in [9.17, 15) is 14.9 Å². The van der Waals surface area contributed by atoms with E-state index in [-0.39, 0.29) is 17.4 Å². The number of nitrogens with zero attached hydrogens (tertiary/aromatic N) is 4. The number of aryl methyl sites for hydroxylation is 1. The summed E-state index contributed by atoms with van der Waals surface area (Å²) in [6.07, 6.45) is 2.59. The average Bonchev–Trinajstić information content (AvgIpc) is 2.73. The second-order valence-electron chi connectivity index (χ2n) is 6.72. The lowest BCUT2D eigenvalue weighted by Gasteiger charge is -2.14. The van der Waals surface area contributed by atoms with Gasteiger partial charge in [-0.3, -0.25) is 14.9 Å². The Labute approximate surface area is 181 Å². The fourth-order valence-corrected chi connectivity index (χ4v) is 3.18. The minimum atomic E-state index is -0.483. The first-order valence-corrected chi connectivity index (χ1v) is 10.3. The maximum Gasteiger partial charge on any atom is 0.282 e. The molecule has 156 valence electrons. The fourth-order valence-electron chi connectivity index (χ4n) is 2.82. The van der Waals surface area contributed by atoms with Gasteiger partial charge in [-0.2, -0.15) is 9.78 Å². The van der Waals surface area contributed by atoms with Crippen LogP contribution in [-0.2, 0) is 6.42 Å². The Kier molecular flexibility index (Phi) is 6.61. The van der Waals surface area contributed by atoms with Gasteiger partial charge in [0.1, 0.15) is 11.6 Å². The molecule has 30 heavy (non-hydrogen) atoms. The Balaban J connectivity index is 2.13. The van der Waals surface area contributed by atoms with E-state index in [0.717, 1.165) is 10.9 Å². The van der Waals surface area contributed by atoms with Crippen LogP contribution in [0.4, 0.5) is 5.69 Å². The molecule has 0 aliphatic carbocycles. The molecule has 0 N–H and O–H groups in total. The molecule has 3 aromatic rings. The standard InChI is InChI=1S/C21H21BrN4O4/c1-4-13(3)30-19-9-7-16(26(28)29)10-14(19)12-23-25-20(5-2)24-18-8-6-15(22)11-17(18)21(25)27/h6-13H,4-5H2,1-3H3/t13-/m0/s1. The van der Waals surface area contributed by atoms with Crippen LogP contribution in [0.1, 0.15) is 38.6 Å². The molecule has 0 aliphatic heterocycles. The smallest absolute Gasteiger partial charge is 0.282 e. The summed E-state index contributed by atoms with van der Waals surface area (Å²) in [5.41, 5.74) is 0.594. The monoisotopic (exact) mass is 472 g/mol. The van der Waals surface area contributed by atoms with Crippen molar-refractivity contribution in [2.24, 2.45) is 5.10 Å². The van der Waals surface area contributed by atoms with Crippen molar-refractivity contribution in [2.75, 3.05) is 0 Å². The molecule has 1 heterocycles. The molecular formula is C21H21BrN4O4. The molecule has 0 amide bonds. The molecule has 1 atom stereocenters. The molecule has 0 saturated heterocycles. The number of aromatic nitrogens is 2. The third kappa shape index (κ3) is 4.56. The Hall–Kier alpha value is -3.07. The molecule has 9 heteroatoms. The summed E-state index contributed by atoms with van der Waals surface area (Å²) < 4.78 is 7.85. The number of non-ortho nitro benzene ring substituents is 1. The number of rotatable bonds is 7. The quantitative estimate of drug-likeness (QED) is 0.282. The van der Waals surface area contributed by atoms with Gasteiger partial charge in [-0.05, 0) is 37.6 Å². The first kappa shape index (κ1) is 21.6. The predicted octanol–water partition coefficient (Wildman–Crippen LogP) is 4.69. The molecular weight excluding hydrogens is 452 g/mol. The van der Waals surface area contributed by atoms with Crippen LogP contribution in [0.5, 0.6) is 5.75 Å². The number of fused-ring (bicyclic) bond motifs is 1. The Bertz CT molecular complexity index is 1190. The average molecular weight is 473 g/mol. The van der Waals surface area contributed by atoms with Crippen LogP contribution in [0.3, 0.4) is 0 Å². The summed E-state index contributed by atoms with van der Waals surface area (Å²) in [4.78, 5) is 28.3. The molecule has 0 unspecified atom stereocenters. The molecule has 8 nitrogen and oxygen atoms in total. The molecule has 0 spiro atoms. The molecule has 1 aromatic heterocycles. The molecule has 0 radical (unpaired) electrons. The minimum absolute atomic E-state index is 0.0767. The number of halogens is 1. The number of hydrogen-bond donors (Lipinski definition) is 0. The highest BCUT2D eigenvalue weighted by Crippen LogP contribution is 2.24. The van der Waals surface area contributed by atoms with E-state index in [1.54, 1.807) is 18.2 Å². The summed E-state index contributed by atoms with van der Waals surface area (Å²) in [6, 6.07) is 9.60. The van der Waals surface area contributed by atoms with Crippen molar-refractivity contribution in [3.05, 3.63) is 72.7 Å². The zero-order chi connectivity index (χ0) is 21.8. The van der Waals surface area contributed by atoms with E-state index in [2.05, 4.69) is 26.0 Å². The maximum absolute atomic E-state index is 13.0. The molecule has 0 fully saturated rings. The van der Waals surface area contributed by atoms with Gasteiger partial charge in [0, 0.05) is 28.6 Å². The van der Waals surface area contributed by atoms with Crippen LogP contribution in [0.25, 0.3) is 10.9 Å². The molecule has 0 bridgehead atoms. The first-order chi connectivity index (χ1) is 14.3. The summed E-state index contributed by atoms with van der Waals surface area (Å²) in [5.74, 6) is 0.946. The highest BCUT2D eigenvalue weighted by molar-refractivity contribution is 9.10. The van der Waals surface area contributed by atoms with Gasteiger partial charge < -0.3 is 4.74 Å². The van der Waals surface area contributed by atoms with Crippen molar-refractivity contribution >= 4 is 38.7 Å². The lowest BCUT2D eigenvalue weighted by molar-refractivity contribution is -0.384. The topological polar surface area (TPSA) is 99.6 Å². The summed E-state index contributed by atoms with van der Waals surface area (Å²) in [5, 5.41) is 15.9. The zero-order valence-corrected chi connectivity index (χ0v) is 18.4. The van der Waals surface area contributed by atoms with Crippen molar-refractivity contribution in [3.63, 3.8) is 0 Å². The van der Waals surface area contributed by atoms with E-state index < -0.39 is 4.92 Å².